The number of aromatic nitrogens is 2. The van der Waals surface area contributed by atoms with Gasteiger partial charge in [-0.3, -0.25) is 9.48 Å². The number of rotatable bonds is 4. The second-order valence-electron chi connectivity index (χ2n) is 4.92. The monoisotopic (exact) mass is 305 g/mol. The van der Waals surface area contributed by atoms with Gasteiger partial charge in [-0.15, -0.1) is 0 Å². The molecule has 21 heavy (non-hydrogen) atoms. The fraction of sp³-hybridized carbons (Fsp3) is 0.333. The number of para-hydroxylation sites is 1. The SMILES string of the molecule is CCn1ncc(Cl)c1C(=O)NCC1Cc2ccccc2O1. The maximum atomic E-state index is 12.2. The highest BCUT2D eigenvalue weighted by molar-refractivity contribution is 6.33. The predicted octanol–water partition coefficient (Wildman–Crippen LogP) is 2.29. The highest BCUT2D eigenvalue weighted by Gasteiger charge is 2.24. The molecule has 2 aromatic rings. The molecule has 1 aliphatic heterocycles. The molecule has 5 nitrogen and oxygen atoms in total. The minimum Gasteiger partial charge on any atom is -0.488 e. The van der Waals surface area contributed by atoms with Crippen LogP contribution in [-0.2, 0) is 13.0 Å². The van der Waals surface area contributed by atoms with E-state index in [0.717, 1.165) is 12.2 Å². The quantitative estimate of drug-likeness (QED) is 0.943. The average Bonchev–Trinajstić information content (AvgIpc) is 3.07. The maximum Gasteiger partial charge on any atom is 0.271 e. The number of nitrogens with one attached hydrogen (secondary N) is 1. The number of halogens is 1. The summed E-state index contributed by atoms with van der Waals surface area (Å²) >= 11 is 6.01. The topological polar surface area (TPSA) is 56.2 Å². The Labute approximate surface area is 127 Å². The number of fused-ring (bicyclic) bond motifs is 1. The summed E-state index contributed by atoms with van der Waals surface area (Å²) < 4.78 is 7.38. The van der Waals surface area contributed by atoms with E-state index in [4.69, 9.17) is 16.3 Å². The van der Waals surface area contributed by atoms with Gasteiger partial charge < -0.3 is 10.1 Å². The highest BCUT2D eigenvalue weighted by atomic mass is 35.5. The lowest BCUT2D eigenvalue weighted by atomic mass is 10.1. The molecule has 2 heterocycles. The van der Waals surface area contributed by atoms with Gasteiger partial charge in [0.25, 0.3) is 5.91 Å². The van der Waals surface area contributed by atoms with Gasteiger partial charge in [0.2, 0.25) is 0 Å². The molecule has 0 saturated carbocycles. The van der Waals surface area contributed by atoms with Crippen molar-refractivity contribution in [1.29, 1.82) is 0 Å². The zero-order valence-electron chi connectivity index (χ0n) is 11.7. The fourth-order valence-electron chi connectivity index (χ4n) is 2.49. The number of hydrogen-bond donors (Lipinski definition) is 1. The van der Waals surface area contributed by atoms with Crippen LogP contribution in [0.5, 0.6) is 5.75 Å². The Morgan fingerprint density at radius 1 is 1.52 bits per heavy atom. The van der Waals surface area contributed by atoms with Crippen LogP contribution >= 0.6 is 11.6 Å². The van der Waals surface area contributed by atoms with E-state index >= 15 is 0 Å². The van der Waals surface area contributed by atoms with Crippen LogP contribution in [0, 0.1) is 0 Å². The molecule has 0 bridgehead atoms. The molecule has 3 rings (SSSR count). The van der Waals surface area contributed by atoms with Crippen molar-refractivity contribution in [2.75, 3.05) is 6.54 Å². The first-order valence-corrected chi connectivity index (χ1v) is 7.31. The highest BCUT2D eigenvalue weighted by Crippen LogP contribution is 2.27. The summed E-state index contributed by atoms with van der Waals surface area (Å²) in [6, 6.07) is 7.92. The predicted molar refractivity (Wildman–Crippen MR) is 79.8 cm³/mol. The molecule has 0 radical (unpaired) electrons. The standard InChI is InChI=1S/C15H16ClN3O2/c1-2-19-14(12(16)9-18-19)15(20)17-8-11-7-10-5-3-4-6-13(10)21-11/h3-6,9,11H,2,7-8H2,1H3,(H,17,20). The zero-order valence-corrected chi connectivity index (χ0v) is 12.4. The minimum absolute atomic E-state index is 0.0388. The molecule has 1 amide bonds. The molecule has 0 saturated heterocycles. The Morgan fingerprint density at radius 3 is 3.10 bits per heavy atom. The average molecular weight is 306 g/mol. The van der Waals surface area contributed by atoms with Gasteiger partial charge in [-0.25, -0.2) is 0 Å². The van der Waals surface area contributed by atoms with E-state index in [1.54, 1.807) is 4.68 Å². The molecular weight excluding hydrogens is 290 g/mol. The molecule has 6 heteroatoms. The molecule has 1 N–H and O–H groups in total. The smallest absolute Gasteiger partial charge is 0.271 e. The summed E-state index contributed by atoms with van der Waals surface area (Å²) in [4.78, 5) is 12.2. The Bertz CT molecular complexity index is 644. The number of amides is 1. The summed E-state index contributed by atoms with van der Waals surface area (Å²) in [5.74, 6) is 0.673. The first-order chi connectivity index (χ1) is 10.2. The number of carbonyl (C=O) groups excluding carboxylic acids is 1. The van der Waals surface area contributed by atoms with Crippen LogP contribution in [0.2, 0.25) is 5.02 Å². The molecule has 0 fully saturated rings. The third-order valence-corrected chi connectivity index (χ3v) is 3.79. The van der Waals surface area contributed by atoms with Crippen molar-refractivity contribution in [2.45, 2.75) is 26.0 Å². The Morgan fingerprint density at radius 2 is 2.33 bits per heavy atom. The normalized spacial score (nSPS) is 16.4. The number of carbonyl (C=O) groups is 1. The van der Waals surface area contributed by atoms with Crippen LogP contribution in [0.15, 0.2) is 30.5 Å². The van der Waals surface area contributed by atoms with E-state index in [2.05, 4.69) is 10.4 Å². The number of hydrogen-bond acceptors (Lipinski definition) is 3. The van der Waals surface area contributed by atoms with E-state index in [0.29, 0.717) is 23.8 Å². The van der Waals surface area contributed by atoms with Gasteiger partial charge >= 0.3 is 0 Å². The molecule has 0 aliphatic carbocycles. The van der Waals surface area contributed by atoms with Gasteiger partial charge in [-0.05, 0) is 18.6 Å². The van der Waals surface area contributed by atoms with Crippen molar-refractivity contribution in [3.05, 3.63) is 46.7 Å². The van der Waals surface area contributed by atoms with E-state index in [1.165, 1.54) is 11.8 Å². The van der Waals surface area contributed by atoms with Crippen LogP contribution in [0.25, 0.3) is 0 Å². The van der Waals surface area contributed by atoms with Gasteiger partial charge in [-0.2, -0.15) is 5.10 Å². The lowest BCUT2D eigenvalue weighted by Gasteiger charge is -2.12. The second kappa shape index (κ2) is 5.77. The third-order valence-electron chi connectivity index (χ3n) is 3.51. The van der Waals surface area contributed by atoms with Gasteiger partial charge in [0.05, 0.1) is 17.8 Å². The Hall–Kier alpha value is -2.01. The fourth-order valence-corrected chi connectivity index (χ4v) is 2.71. The molecule has 0 spiro atoms. The summed E-state index contributed by atoms with van der Waals surface area (Å²) in [6.07, 6.45) is 2.25. The van der Waals surface area contributed by atoms with E-state index in [1.807, 2.05) is 31.2 Å². The van der Waals surface area contributed by atoms with Crippen molar-refractivity contribution < 1.29 is 9.53 Å². The number of nitrogens with zero attached hydrogens (tertiary/aromatic N) is 2. The maximum absolute atomic E-state index is 12.2. The third kappa shape index (κ3) is 2.74. The molecule has 1 aromatic carbocycles. The van der Waals surface area contributed by atoms with Gasteiger partial charge in [-0.1, -0.05) is 29.8 Å². The summed E-state index contributed by atoms with van der Waals surface area (Å²) in [5.41, 5.74) is 1.57. The van der Waals surface area contributed by atoms with Crippen LogP contribution < -0.4 is 10.1 Å². The summed E-state index contributed by atoms with van der Waals surface area (Å²) in [5, 5.41) is 7.29. The van der Waals surface area contributed by atoms with E-state index in [-0.39, 0.29) is 12.0 Å². The minimum atomic E-state index is -0.223. The van der Waals surface area contributed by atoms with Gasteiger partial charge in [0.1, 0.15) is 17.5 Å². The van der Waals surface area contributed by atoms with Crippen LogP contribution in [0.1, 0.15) is 23.0 Å². The lowest BCUT2D eigenvalue weighted by molar-refractivity contribution is 0.0923. The molecular formula is C15H16ClN3O2. The lowest BCUT2D eigenvalue weighted by Crippen LogP contribution is -2.35. The summed E-state index contributed by atoms with van der Waals surface area (Å²) in [6.45, 7) is 2.95. The van der Waals surface area contributed by atoms with Crippen molar-refractivity contribution in [2.24, 2.45) is 0 Å². The van der Waals surface area contributed by atoms with Crippen LogP contribution in [-0.4, -0.2) is 28.3 Å². The van der Waals surface area contributed by atoms with E-state index < -0.39 is 0 Å². The molecule has 1 aliphatic rings. The van der Waals surface area contributed by atoms with Crippen molar-refractivity contribution in [1.82, 2.24) is 15.1 Å². The molecule has 110 valence electrons. The van der Waals surface area contributed by atoms with Gasteiger partial charge in [0.15, 0.2) is 0 Å². The number of aryl methyl sites for hydroxylation is 1. The number of benzene rings is 1. The van der Waals surface area contributed by atoms with Gasteiger partial charge in [0, 0.05) is 13.0 Å². The zero-order chi connectivity index (χ0) is 14.8. The van der Waals surface area contributed by atoms with E-state index in [9.17, 15) is 4.79 Å². The molecule has 1 unspecified atom stereocenters. The van der Waals surface area contributed by atoms with Crippen LogP contribution in [0.4, 0.5) is 0 Å². The van der Waals surface area contributed by atoms with Crippen molar-refractivity contribution >= 4 is 17.5 Å². The molecule has 1 atom stereocenters. The largest absolute Gasteiger partial charge is 0.488 e. The number of ether oxygens (including phenoxy) is 1. The van der Waals surface area contributed by atoms with Crippen LogP contribution in [0.3, 0.4) is 0 Å². The summed E-state index contributed by atoms with van der Waals surface area (Å²) in [7, 11) is 0. The second-order valence-corrected chi connectivity index (χ2v) is 5.33. The Balaban J connectivity index is 1.62. The molecule has 1 aromatic heterocycles. The first-order valence-electron chi connectivity index (χ1n) is 6.93. The van der Waals surface area contributed by atoms with Crippen molar-refractivity contribution in [3.8, 4) is 5.75 Å². The Kier molecular flexibility index (Phi) is 3.84. The van der Waals surface area contributed by atoms with Crippen molar-refractivity contribution in [3.63, 3.8) is 0 Å². The first kappa shape index (κ1) is 13.9.